The number of halogens is 3. The van der Waals surface area contributed by atoms with Crippen molar-refractivity contribution >= 4 is 55.6 Å². The molecule has 0 fully saturated rings. The van der Waals surface area contributed by atoms with E-state index in [4.69, 9.17) is 4.74 Å². The molecule has 2 nitrogen and oxygen atoms in total. The van der Waals surface area contributed by atoms with Gasteiger partial charge in [-0.05, 0) is 70.1 Å². The molecule has 0 amide bonds. The SMILES string of the molecule is Cc1cc2c(s1)CN(C)CCC2Oc1ccc(Br)c(Br)c1.Cl. The minimum atomic E-state index is 0. The van der Waals surface area contributed by atoms with Crippen molar-refractivity contribution in [1.29, 1.82) is 0 Å². The summed E-state index contributed by atoms with van der Waals surface area (Å²) in [6, 6.07) is 8.35. The lowest BCUT2D eigenvalue weighted by atomic mass is 10.1. The second-order valence-electron chi connectivity index (χ2n) is 5.44. The first-order valence-corrected chi connectivity index (χ1v) is 9.32. The molecule has 120 valence electrons. The zero-order valence-electron chi connectivity index (χ0n) is 12.4. The maximum Gasteiger partial charge on any atom is 0.126 e. The van der Waals surface area contributed by atoms with Crippen molar-refractivity contribution in [1.82, 2.24) is 4.90 Å². The Balaban J connectivity index is 0.00000176. The molecular weight excluding hydrogens is 450 g/mol. The quantitative estimate of drug-likeness (QED) is 0.540. The van der Waals surface area contributed by atoms with Crippen LogP contribution >= 0.6 is 55.6 Å². The third-order valence-corrected chi connectivity index (χ3v) is 6.60. The van der Waals surface area contributed by atoms with Crippen LogP contribution < -0.4 is 4.74 Å². The molecule has 1 aromatic heterocycles. The lowest BCUT2D eigenvalue weighted by Gasteiger charge is -2.18. The molecule has 1 atom stereocenters. The summed E-state index contributed by atoms with van der Waals surface area (Å²) in [5, 5.41) is 0. The van der Waals surface area contributed by atoms with Gasteiger partial charge in [0.25, 0.3) is 0 Å². The minimum Gasteiger partial charge on any atom is -0.486 e. The summed E-state index contributed by atoms with van der Waals surface area (Å²) in [6.07, 6.45) is 1.16. The van der Waals surface area contributed by atoms with E-state index >= 15 is 0 Å². The molecule has 2 heterocycles. The Labute approximate surface area is 158 Å². The molecule has 1 unspecified atom stereocenters. The van der Waals surface area contributed by atoms with Crippen LogP contribution in [0.25, 0.3) is 0 Å². The fourth-order valence-corrected chi connectivity index (χ4v) is 4.40. The van der Waals surface area contributed by atoms with Crippen LogP contribution in [0.2, 0.25) is 0 Å². The Morgan fingerprint density at radius 3 is 2.73 bits per heavy atom. The van der Waals surface area contributed by atoms with Crippen LogP contribution in [0.4, 0.5) is 0 Å². The van der Waals surface area contributed by atoms with Gasteiger partial charge in [0.1, 0.15) is 11.9 Å². The first-order valence-electron chi connectivity index (χ1n) is 6.92. The van der Waals surface area contributed by atoms with E-state index in [1.54, 1.807) is 0 Å². The molecule has 1 aliphatic rings. The van der Waals surface area contributed by atoms with E-state index in [1.165, 1.54) is 15.3 Å². The summed E-state index contributed by atoms with van der Waals surface area (Å²) in [4.78, 5) is 5.17. The molecular formula is C16H18Br2ClNOS. The fraction of sp³-hybridized carbons (Fsp3) is 0.375. The van der Waals surface area contributed by atoms with E-state index in [2.05, 4.69) is 56.8 Å². The Morgan fingerprint density at radius 2 is 2.00 bits per heavy atom. The number of benzene rings is 1. The van der Waals surface area contributed by atoms with Crippen LogP contribution in [-0.2, 0) is 6.54 Å². The van der Waals surface area contributed by atoms with Crippen LogP contribution in [0.15, 0.2) is 33.2 Å². The molecule has 0 saturated carbocycles. The maximum absolute atomic E-state index is 6.29. The topological polar surface area (TPSA) is 12.5 Å². The third kappa shape index (κ3) is 4.06. The molecule has 0 aliphatic carbocycles. The second kappa shape index (κ2) is 7.67. The van der Waals surface area contributed by atoms with E-state index in [0.717, 1.165) is 34.2 Å². The minimum absolute atomic E-state index is 0. The lowest BCUT2D eigenvalue weighted by Crippen LogP contribution is -2.18. The number of rotatable bonds is 2. The van der Waals surface area contributed by atoms with Crippen LogP contribution in [0.5, 0.6) is 5.75 Å². The zero-order chi connectivity index (χ0) is 15.0. The average Bonchev–Trinajstić information content (AvgIpc) is 2.72. The van der Waals surface area contributed by atoms with E-state index in [1.807, 2.05) is 29.5 Å². The van der Waals surface area contributed by atoms with Gasteiger partial charge in [0, 0.05) is 43.8 Å². The van der Waals surface area contributed by atoms with Gasteiger partial charge in [-0.1, -0.05) is 0 Å². The van der Waals surface area contributed by atoms with Crippen molar-refractivity contribution in [3.8, 4) is 5.75 Å². The number of ether oxygens (including phenoxy) is 1. The van der Waals surface area contributed by atoms with Crippen LogP contribution in [-0.4, -0.2) is 18.5 Å². The number of aryl methyl sites for hydroxylation is 1. The first-order chi connectivity index (χ1) is 10.0. The Bertz CT molecular complexity index is 662. The van der Waals surface area contributed by atoms with Crippen molar-refractivity contribution in [2.24, 2.45) is 0 Å². The van der Waals surface area contributed by atoms with Crippen LogP contribution in [0, 0.1) is 6.92 Å². The number of hydrogen-bond donors (Lipinski definition) is 0. The molecule has 1 aromatic carbocycles. The van der Waals surface area contributed by atoms with Gasteiger partial charge in [0.05, 0.1) is 0 Å². The Hall–Kier alpha value is -0.0700. The van der Waals surface area contributed by atoms with Gasteiger partial charge in [0.2, 0.25) is 0 Å². The van der Waals surface area contributed by atoms with E-state index in [9.17, 15) is 0 Å². The summed E-state index contributed by atoms with van der Waals surface area (Å²) in [6.45, 7) is 4.26. The summed E-state index contributed by atoms with van der Waals surface area (Å²) in [5.74, 6) is 0.912. The van der Waals surface area contributed by atoms with Gasteiger partial charge in [-0.15, -0.1) is 23.7 Å². The Morgan fingerprint density at radius 1 is 1.23 bits per heavy atom. The predicted molar refractivity (Wildman–Crippen MR) is 102 cm³/mol. The van der Waals surface area contributed by atoms with Gasteiger partial charge in [-0.2, -0.15) is 0 Å². The molecule has 0 N–H and O–H groups in total. The molecule has 3 rings (SSSR count). The highest BCUT2D eigenvalue weighted by atomic mass is 79.9. The molecule has 6 heteroatoms. The summed E-state index contributed by atoms with van der Waals surface area (Å²) < 4.78 is 8.35. The van der Waals surface area contributed by atoms with Gasteiger partial charge in [-0.3, -0.25) is 0 Å². The van der Waals surface area contributed by atoms with Crippen molar-refractivity contribution in [2.75, 3.05) is 13.6 Å². The summed E-state index contributed by atoms with van der Waals surface area (Å²) >= 11 is 8.92. The van der Waals surface area contributed by atoms with Gasteiger partial charge in [-0.25, -0.2) is 0 Å². The standard InChI is InChI=1S/C16H17Br2NOS.ClH/c1-10-7-12-15(5-6-19(2)9-16(12)21-10)20-11-3-4-13(17)14(18)8-11;/h3-4,7-8,15H,5-6,9H2,1-2H3;1H. The van der Waals surface area contributed by atoms with Crippen molar-refractivity contribution in [3.05, 3.63) is 48.5 Å². The number of nitrogens with zero attached hydrogens (tertiary/aromatic N) is 1. The van der Waals surface area contributed by atoms with Gasteiger partial charge < -0.3 is 9.64 Å². The first kappa shape index (κ1) is 18.3. The van der Waals surface area contributed by atoms with Crippen LogP contribution in [0.3, 0.4) is 0 Å². The largest absolute Gasteiger partial charge is 0.486 e. The molecule has 0 radical (unpaired) electrons. The molecule has 22 heavy (non-hydrogen) atoms. The highest BCUT2D eigenvalue weighted by Gasteiger charge is 2.24. The van der Waals surface area contributed by atoms with E-state index in [-0.39, 0.29) is 18.5 Å². The maximum atomic E-state index is 6.29. The van der Waals surface area contributed by atoms with E-state index < -0.39 is 0 Å². The number of hydrogen-bond acceptors (Lipinski definition) is 3. The molecule has 0 spiro atoms. The smallest absolute Gasteiger partial charge is 0.126 e. The van der Waals surface area contributed by atoms with Crippen molar-refractivity contribution in [3.63, 3.8) is 0 Å². The average molecular weight is 468 g/mol. The lowest BCUT2D eigenvalue weighted by molar-refractivity contribution is 0.182. The molecule has 0 bridgehead atoms. The van der Waals surface area contributed by atoms with E-state index in [0.29, 0.717) is 0 Å². The molecule has 0 saturated heterocycles. The van der Waals surface area contributed by atoms with Gasteiger partial charge >= 0.3 is 0 Å². The highest BCUT2D eigenvalue weighted by molar-refractivity contribution is 9.13. The Kier molecular flexibility index (Phi) is 6.37. The van der Waals surface area contributed by atoms with Gasteiger partial charge in [0.15, 0.2) is 0 Å². The highest BCUT2D eigenvalue weighted by Crippen LogP contribution is 2.36. The van der Waals surface area contributed by atoms with Crippen molar-refractivity contribution < 1.29 is 4.74 Å². The van der Waals surface area contributed by atoms with Crippen LogP contribution in [0.1, 0.15) is 27.8 Å². The normalized spacial score (nSPS) is 18.3. The zero-order valence-corrected chi connectivity index (χ0v) is 17.2. The van der Waals surface area contributed by atoms with Crippen molar-refractivity contribution in [2.45, 2.75) is 26.0 Å². The molecule has 1 aliphatic heterocycles. The predicted octanol–water partition coefficient (Wildman–Crippen LogP) is 5.96. The number of thiophene rings is 1. The fourth-order valence-electron chi connectivity index (χ4n) is 2.63. The third-order valence-electron chi connectivity index (χ3n) is 3.67. The number of fused-ring (bicyclic) bond motifs is 1. The second-order valence-corrected chi connectivity index (χ2v) is 8.49. The summed E-state index contributed by atoms with van der Waals surface area (Å²) in [5.41, 5.74) is 1.36. The molecule has 2 aromatic rings. The summed E-state index contributed by atoms with van der Waals surface area (Å²) in [7, 11) is 2.18. The monoisotopic (exact) mass is 465 g/mol.